The number of rotatable bonds is 7. The van der Waals surface area contributed by atoms with Gasteiger partial charge in [-0.2, -0.15) is 0 Å². The number of hydrogen-bond acceptors (Lipinski definition) is 2. The van der Waals surface area contributed by atoms with E-state index in [0.717, 1.165) is 6.42 Å². The third-order valence-corrected chi connectivity index (χ3v) is 5.34. The molecule has 25 heavy (non-hydrogen) atoms. The van der Waals surface area contributed by atoms with E-state index in [9.17, 15) is 4.79 Å². The minimum atomic E-state index is -0.255. The van der Waals surface area contributed by atoms with E-state index in [1.165, 1.54) is 37.7 Å². The van der Waals surface area contributed by atoms with E-state index in [2.05, 4.69) is 27.7 Å². The molecular weight excluding hydrogens is 308 g/mol. The number of carbonyl (C=O) groups is 1. The number of esters is 1. The van der Waals surface area contributed by atoms with Crippen molar-refractivity contribution in [3.63, 3.8) is 0 Å². The molecule has 1 aliphatic rings. The first kappa shape index (κ1) is 19.5. The summed E-state index contributed by atoms with van der Waals surface area (Å²) in [6.07, 6.45) is 9.36. The summed E-state index contributed by atoms with van der Waals surface area (Å²) in [4.78, 5) is 11.9. The summed E-state index contributed by atoms with van der Waals surface area (Å²) < 4.78 is 5.32. The van der Waals surface area contributed by atoms with E-state index in [4.69, 9.17) is 4.74 Å². The minimum absolute atomic E-state index is 0.255. The Bertz CT molecular complexity index is 635. The lowest BCUT2D eigenvalue weighted by Crippen LogP contribution is -2.20. The number of benzene rings is 1. The standard InChI is InChI=1S/C23H32O2/c1-18(15-17-25-22(24)20-12-6-5-7-13-20)10-8-14-21-19(2)11-9-16-23(21,3)4/h5-7,12-13,15H,8-11,14,16-17H2,1-4H3/b18-15+. The highest BCUT2D eigenvalue weighted by Crippen LogP contribution is 2.42. The van der Waals surface area contributed by atoms with E-state index in [1.54, 1.807) is 23.3 Å². The van der Waals surface area contributed by atoms with Gasteiger partial charge in [0.1, 0.15) is 6.61 Å². The van der Waals surface area contributed by atoms with Crippen molar-refractivity contribution in [3.05, 3.63) is 58.7 Å². The monoisotopic (exact) mass is 340 g/mol. The summed E-state index contributed by atoms with van der Waals surface area (Å²) in [5.74, 6) is -0.255. The van der Waals surface area contributed by atoms with Crippen molar-refractivity contribution in [1.29, 1.82) is 0 Å². The van der Waals surface area contributed by atoms with E-state index >= 15 is 0 Å². The molecule has 1 aromatic rings. The highest BCUT2D eigenvalue weighted by Gasteiger charge is 2.27. The third kappa shape index (κ3) is 5.88. The van der Waals surface area contributed by atoms with Crippen LogP contribution in [-0.2, 0) is 4.74 Å². The fraction of sp³-hybridized carbons (Fsp3) is 0.522. The molecule has 0 atom stereocenters. The molecule has 0 fully saturated rings. The van der Waals surface area contributed by atoms with Crippen LogP contribution in [0.25, 0.3) is 0 Å². The first-order valence-electron chi connectivity index (χ1n) is 9.47. The Hall–Kier alpha value is -1.83. The Kier molecular flexibility index (Phi) is 7.04. The topological polar surface area (TPSA) is 26.3 Å². The molecular formula is C23H32O2. The molecule has 1 aromatic carbocycles. The molecule has 0 N–H and O–H groups in total. The van der Waals surface area contributed by atoms with Gasteiger partial charge in [0.15, 0.2) is 0 Å². The molecule has 0 amide bonds. The average molecular weight is 341 g/mol. The molecule has 0 bridgehead atoms. The second-order valence-electron chi connectivity index (χ2n) is 7.86. The predicted molar refractivity (Wildman–Crippen MR) is 105 cm³/mol. The molecule has 0 aliphatic heterocycles. The van der Waals surface area contributed by atoms with Gasteiger partial charge in [-0.3, -0.25) is 0 Å². The van der Waals surface area contributed by atoms with Crippen LogP contribution in [0.2, 0.25) is 0 Å². The zero-order chi connectivity index (χ0) is 18.3. The van der Waals surface area contributed by atoms with Crippen LogP contribution in [0.4, 0.5) is 0 Å². The van der Waals surface area contributed by atoms with E-state index in [1.807, 2.05) is 24.3 Å². The summed E-state index contributed by atoms with van der Waals surface area (Å²) in [7, 11) is 0. The van der Waals surface area contributed by atoms with Crippen molar-refractivity contribution in [2.24, 2.45) is 5.41 Å². The maximum atomic E-state index is 11.9. The molecule has 2 heteroatoms. The second kappa shape index (κ2) is 9.03. The van der Waals surface area contributed by atoms with Crippen LogP contribution in [0.15, 0.2) is 53.1 Å². The van der Waals surface area contributed by atoms with E-state index in [-0.39, 0.29) is 5.97 Å². The van der Waals surface area contributed by atoms with E-state index < -0.39 is 0 Å². The van der Waals surface area contributed by atoms with Crippen molar-refractivity contribution >= 4 is 5.97 Å². The van der Waals surface area contributed by atoms with Crippen LogP contribution in [0, 0.1) is 5.41 Å². The number of ether oxygens (including phenoxy) is 1. The van der Waals surface area contributed by atoms with Gasteiger partial charge in [0, 0.05) is 0 Å². The maximum Gasteiger partial charge on any atom is 0.338 e. The minimum Gasteiger partial charge on any atom is -0.458 e. The van der Waals surface area contributed by atoms with Crippen LogP contribution >= 0.6 is 0 Å². The average Bonchev–Trinajstić information content (AvgIpc) is 2.58. The smallest absolute Gasteiger partial charge is 0.338 e. The van der Waals surface area contributed by atoms with Crippen molar-refractivity contribution < 1.29 is 9.53 Å². The van der Waals surface area contributed by atoms with Gasteiger partial charge in [0.25, 0.3) is 0 Å². The van der Waals surface area contributed by atoms with Gasteiger partial charge in [-0.25, -0.2) is 4.79 Å². The quantitative estimate of drug-likeness (QED) is 0.419. The Morgan fingerprint density at radius 3 is 2.64 bits per heavy atom. The fourth-order valence-electron chi connectivity index (χ4n) is 3.79. The van der Waals surface area contributed by atoms with Crippen molar-refractivity contribution in [1.82, 2.24) is 0 Å². The lowest BCUT2D eigenvalue weighted by atomic mass is 9.71. The molecule has 1 aliphatic carbocycles. The van der Waals surface area contributed by atoms with Crippen molar-refractivity contribution in [3.8, 4) is 0 Å². The maximum absolute atomic E-state index is 11.9. The molecule has 0 spiro atoms. The number of carbonyl (C=O) groups excluding carboxylic acids is 1. The number of allylic oxidation sites excluding steroid dienone is 3. The Morgan fingerprint density at radius 2 is 1.96 bits per heavy atom. The lowest BCUT2D eigenvalue weighted by Gasteiger charge is -2.34. The molecule has 2 rings (SSSR count). The zero-order valence-electron chi connectivity index (χ0n) is 16.2. The van der Waals surface area contributed by atoms with Crippen LogP contribution in [0.5, 0.6) is 0 Å². The van der Waals surface area contributed by atoms with Gasteiger partial charge in [-0.15, -0.1) is 0 Å². The molecule has 0 unspecified atom stereocenters. The van der Waals surface area contributed by atoms with Crippen LogP contribution < -0.4 is 0 Å². The van der Waals surface area contributed by atoms with Crippen LogP contribution in [-0.4, -0.2) is 12.6 Å². The number of hydrogen-bond donors (Lipinski definition) is 0. The van der Waals surface area contributed by atoms with Crippen LogP contribution in [0.1, 0.15) is 76.6 Å². The Morgan fingerprint density at radius 1 is 1.24 bits per heavy atom. The van der Waals surface area contributed by atoms with Gasteiger partial charge in [0.2, 0.25) is 0 Å². The summed E-state index contributed by atoms with van der Waals surface area (Å²) in [5.41, 5.74) is 5.55. The molecule has 136 valence electrons. The first-order valence-corrected chi connectivity index (χ1v) is 9.47. The predicted octanol–water partition coefficient (Wildman–Crippen LogP) is 6.49. The molecule has 0 saturated carbocycles. The molecule has 0 heterocycles. The molecule has 0 radical (unpaired) electrons. The van der Waals surface area contributed by atoms with Gasteiger partial charge >= 0.3 is 5.97 Å². The van der Waals surface area contributed by atoms with Gasteiger partial charge in [-0.1, -0.05) is 48.8 Å². The largest absolute Gasteiger partial charge is 0.458 e. The Labute approximate surface area is 153 Å². The van der Waals surface area contributed by atoms with Gasteiger partial charge in [0.05, 0.1) is 5.56 Å². The van der Waals surface area contributed by atoms with Crippen molar-refractivity contribution in [2.75, 3.05) is 6.61 Å². The van der Waals surface area contributed by atoms with Crippen molar-refractivity contribution in [2.45, 2.75) is 66.2 Å². The normalized spacial score (nSPS) is 17.5. The highest BCUT2D eigenvalue weighted by molar-refractivity contribution is 5.89. The van der Waals surface area contributed by atoms with Gasteiger partial charge < -0.3 is 4.74 Å². The molecule has 0 saturated heterocycles. The SMILES string of the molecule is CC1=C(CCC/C(C)=C/COC(=O)c2ccccc2)C(C)(C)CCC1. The Balaban J connectivity index is 1.76. The third-order valence-electron chi connectivity index (χ3n) is 5.34. The lowest BCUT2D eigenvalue weighted by molar-refractivity contribution is 0.0549. The second-order valence-corrected chi connectivity index (χ2v) is 7.86. The molecule has 2 nitrogen and oxygen atoms in total. The summed E-state index contributed by atoms with van der Waals surface area (Å²) in [6.45, 7) is 9.56. The molecule has 0 aromatic heterocycles. The first-order chi connectivity index (χ1) is 11.9. The fourth-order valence-corrected chi connectivity index (χ4v) is 3.79. The summed E-state index contributed by atoms with van der Waals surface area (Å²) >= 11 is 0. The zero-order valence-corrected chi connectivity index (χ0v) is 16.2. The summed E-state index contributed by atoms with van der Waals surface area (Å²) in [5, 5.41) is 0. The van der Waals surface area contributed by atoms with Gasteiger partial charge in [-0.05, 0) is 76.0 Å². The highest BCUT2D eigenvalue weighted by atomic mass is 16.5. The van der Waals surface area contributed by atoms with Crippen LogP contribution in [0.3, 0.4) is 0 Å². The summed E-state index contributed by atoms with van der Waals surface area (Å²) in [6, 6.07) is 9.15. The van der Waals surface area contributed by atoms with E-state index in [0.29, 0.717) is 17.6 Å².